The smallest absolute Gasteiger partial charge is 0.341 e. The molecule has 0 amide bonds. The molecule has 2 heterocycles. The molecule has 26 heavy (non-hydrogen) atoms. The van der Waals surface area contributed by atoms with Gasteiger partial charge in [0, 0.05) is 17.9 Å². The highest BCUT2D eigenvalue weighted by atomic mass is 16.5. The molecule has 2 atom stereocenters. The molecular formula is C19H19N3O4. The van der Waals surface area contributed by atoms with Gasteiger partial charge in [0.25, 0.3) is 0 Å². The Morgan fingerprint density at radius 3 is 2.92 bits per heavy atom. The summed E-state index contributed by atoms with van der Waals surface area (Å²) < 4.78 is 12.1. The number of aliphatic hydroxyl groups is 1. The summed E-state index contributed by atoms with van der Waals surface area (Å²) in [5, 5.41) is 17.8. The highest BCUT2D eigenvalue weighted by molar-refractivity contribution is 5.91. The van der Waals surface area contributed by atoms with Crippen LogP contribution in [0.15, 0.2) is 41.1 Å². The largest absolute Gasteiger partial charge is 0.465 e. The van der Waals surface area contributed by atoms with E-state index >= 15 is 0 Å². The van der Waals surface area contributed by atoms with E-state index in [1.165, 1.54) is 13.3 Å². The second-order valence-electron chi connectivity index (χ2n) is 6.49. The molecular weight excluding hydrogens is 334 g/mol. The standard InChI is InChI=1S/C19H19N3O4/c1-11-6-17(26-21-11)14-8-15(14)18-16(19(24)25-2)9-20-22(18)13-5-3-4-12(7-13)10-23/h3-7,9,14-15,23H,8,10H2,1-2H3. The average molecular weight is 353 g/mol. The zero-order valence-corrected chi connectivity index (χ0v) is 14.5. The van der Waals surface area contributed by atoms with E-state index in [0.717, 1.165) is 34.8 Å². The molecule has 1 fully saturated rings. The Hall–Kier alpha value is -2.93. The van der Waals surface area contributed by atoms with Crippen LogP contribution in [0.2, 0.25) is 0 Å². The molecule has 0 aliphatic heterocycles. The Morgan fingerprint density at radius 2 is 2.23 bits per heavy atom. The highest BCUT2D eigenvalue weighted by Gasteiger charge is 2.46. The minimum absolute atomic E-state index is 0.0578. The van der Waals surface area contributed by atoms with Crippen molar-refractivity contribution in [3.8, 4) is 5.69 Å². The molecule has 2 aromatic heterocycles. The monoisotopic (exact) mass is 353 g/mol. The molecule has 0 bridgehead atoms. The first kappa shape index (κ1) is 16.5. The van der Waals surface area contributed by atoms with Crippen molar-refractivity contribution in [3.05, 3.63) is 64.8 Å². The van der Waals surface area contributed by atoms with E-state index in [1.807, 2.05) is 37.3 Å². The molecule has 0 radical (unpaired) electrons. The first-order valence-corrected chi connectivity index (χ1v) is 8.42. The number of hydrogen-bond acceptors (Lipinski definition) is 6. The van der Waals surface area contributed by atoms with Crippen molar-refractivity contribution in [2.24, 2.45) is 0 Å². The quantitative estimate of drug-likeness (QED) is 0.709. The van der Waals surface area contributed by atoms with Crippen LogP contribution in [0.3, 0.4) is 0 Å². The van der Waals surface area contributed by atoms with Crippen molar-refractivity contribution in [1.29, 1.82) is 0 Å². The van der Waals surface area contributed by atoms with Gasteiger partial charge >= 0.3 is 5.97 Å². The number of methoxy groups -OCH3 is 1. The summed E-state index contributed by atoms with van der Waals surface area (Å²) in [6.45, 7) is 1.83. The van der Waals surface area contributed by atoms with E-state index in [2.05, 4.69) is 10.3 Å². The number of carbonyl (C=O) groups is 1. The number of aryl methyl sites for hydroxylation is 1. The molecule has 7 nitrogen and oxygen atoms in total. The lowest BCUT2D eigenvalue weighted by molar-refractivity contribution is 0.0599. The number of aliphatic hydroxyl groups excluding tert-OH is 1. The topological polar surface area (TPSA) is 90.4 Å². The molecule has 1 saturated carbocycles. The predicted molar refractivity (Wildman–Crippen MR) is 92.2 cm³/mol. The van der Waals surface area contributed by atoms with Crippen molar-refractivity contribution in [2.75, 3.05) is 7.11 Å². The summed E-state index contributed by atoms with van der Waals surface area (Å²) >= 11 is 0. The van der Waals surface area contributed by atoms with Crippen LogP contribution < -0.4 is 0 Å². The molecule has 134 valence electrons. The zero-order chi connectivity index (χ0) is 18.3. The van der Waals surface area contributed by atoms with Crippen LogP contribution >= 0.6 is 0 Å². The van der Waals surface area contributed by atoms with Crippen molar-refractivity contribution in [3.63, 3.8) is 0 Å². The molecule has 3 aromatic rings. The fourth-order valence-corrected chi connectivity index (χ4v) is 3.34. The van der Waals surface area contributed by atoms with Crippen LogP contribution in [-0.2, 0) is 11.3 Å². The lowest BCUT2D eigenvalue weighted by atomic mass is 10.1. The van der Waals surface area contributed by atoms with Gasteiger partial charge in [0.15, 0.2) is 0 Å². The van der Waals surface area contributed by atoms with Gasteiger partial charge in [0.05, 0.1) is 37.0 Å². The van der Waals surface area contributed by atoms with E-state index in [0.29, 0.717) is 5.56 Å². The van der Waals surface area contributed by atoms with Crippen molar-refractivity contribution in [2.45, 2.75) is 31.8 Å². The highest BCUT2D eigenvalue weighted by Crippen LogP contribution is 2.55. The Kier molecular flexibility index (Phi) is 4.08. The molecule has 1 aromatic carbocycles. The van der Waals surface area contributed by atoms with E-state index in [4.69, 9.17) is 9.26 Å². The van der Waals surface area contributed by atoms with Gasteiger partial charge in [-0.3, -0.25) is 0 Å². The van der Waals surface area contributed by atoms with Crippen molar-refractivity contribution >= 4 is 5.97 Å². The van der Waals surface area contributed by atoms with Crippen molar-refractivity contribution < 1.29 is 19.2 Å². The molecule has 7 heteroatoms. The van der Waals surface area contributed by atoms with Crippen molar-refractivity contribution in [1.82, 2.24) is 14.9 Å². The molecule has 0 spiro atoms. The summed E-state index contributed by atoms with van der Waals surface area (Å²) in [5.41, 5.74) is 3.66. The minimum Gasteiger partial charge on any atom is -0.465 e. The number of benzene rings is 1. The van der Waals surface area contributed by atoms with Gasteiger partial charge in [-0.05, 0) is 31.0 Å². The maximum Gasteiger partial charge on any atom is 0.341 e. The summed E-state index contributed by atoms with van der Waals surface area (Å²) in [6.07, 6.45) is 2.39. The maximum absolute atomic E-state index is 12.2. The van der Waals surface area contributed by atoms with Crippen LogP contribution in [0.25, 0.3) is 5.69 Å². The summed E-state index contributed by atoms with van der Waals surface area (Å²) in [7, 11) is 1.36. The van der Waals surface area contributed by atoms with Gasteiger partial charge in [-0.25, -0.2) is 9.48 Å². The summed E-state index contributed by atoms with van der Waals surface area (Å²) in [4.78, 5) is 12.2. The fourth-order valence-electron chi connectivity index (χ4n) is 3.34. The minimum atomic E-state index is -0.413. The third-order valence-electron chi connectivity index (χ3n) is 4.70. The third kappa shape index (κ3) is 2.80. The Balaban J connectivity index is 1.76. The van der Waals surface area contributed by atoms with Gasteiger partial charge in [-0.15, -0.1) is 0 Å². The third-order valence-corrected chi connectivity index (χ3v) is 4.70. The van der Waals surface area contributed by atoms with E-state index in [9.17, 15) is 9.90 Å². The van der Waals surface area contributed by atoms with E-state index in [-0.39, 0.29) is 18.4 Å². The van der Waals surface area contributed by atoms with Gasteiger partial charge in [-0.1, -0.05) is 17.3 Å². The first-order valence-electron chi connectivity index (χ1n) is 8.42. The van der Waals surface area contributed by atoms with Gasteiger partial charge < -0.3 is 14.4 Å². The number of nitrogens with zero attached hydrogens (tertiary/aromatic N) is 3. The number of aromatic nitrogens is 3. The number of rotatable bonds is 5. The van der Waals surface area contributed by atoms with Gasteiger partial charge in [0.1, 0.15) is 11.3 Å². The molecule has 1 aliphatic carbocycles. The van der Waals surface area contributed by atoms with Crippen LogP contribution in [0, 0.1) is 6.92 Å². The number of carbonyl (C=O) groups excluding carboxylic acids is 1. The maximum atomic E-state index is 12.2. The Labute approximate surface area is 150 Å². The molecule has 4 rings (SSSR count). The molecule has 2 unspecified atom stereocenters. The van der Waals surface area contributed by atoms with Crippen LogP contribution in [0.4, 0.5) is 0 Å². The summed E-state index contributed by atoms with van der Waals surface area (Å²) in [5.74, 6) is 0.664. The van der Waals surface area contributed by atoms with E-state index in [1.54, 1.807) is 4.68 Å². The Bertz CT molecular complexity index is 959. The fraction of sp³-hybridized carbons (Fsp3) is 0.316. The lowest BCUT2D eigenvalue weighted by Gasteiger charge is -2.10. The summed E-state index contributed by atoms with van der Waals surface area (Å²) in [6, 6.07) is 9.37. The van der Waals surface area contributed by atoms with Crippen LogP contribution in [-0.4, -0.2) is 33.1 Å². The molecule has 0 saturated heterocycles. The normalized spacial score (nSPS) is 18.7. The SMILES string of the molecule is COC(=O)c1cnn(-c2cccc(CO)c2)c1C1CC1c1cc(C)no1. The van der Waals surface area contributed by atoms with Crippen LogP contribution in [0.1, 0.15) is 51.3 Å². The number of hydrogen-bond donors (Lipinski definition) is 1. The first-order chi connectivity index (χ1) is 12.6. The number of ether oxygens (including phenoxy) is 1. The predicted octanol–water partition coefficient (Wildman–Crippen LogP) is 2.72. The van der Waals surface area contributed by atoms with Crippen LogP contribution in [0.5, 0.6) is 0 Å². The molecule has 1 N–H and O–H groups in total. The van der Waals surface area contributed by atoms with Gasteiger partial charge in [0.2, 0.25) is 0 Å². The average Bonchev–Trinajstić information content (AvgIpc) is 3.12. The lowest BCUT2D eigenvalue weighted by Crippen LogP contribution is -2.08. The second-order valence-corrected chi connectivity index (χ2v) is 6.49. The van der Waals surface area contributed by atoms with E-state index < -0.39 is 5.97 Å². The Morgan fingerprint density at radius 1 is 1.38 bits per heavy atom. The zero-order valence-electron chi connectivity index (χ0n) is 14.5. The van der Waals surface area contributed by atoms with Gasteiger partial charge in [-0.2, -0.15) is 5.10 Å². The molecule has 1 aliphatic rings. The number of esters is 1. The second kappa shape index (κ2) is 6.42.